The first kappa shape index (κ1) is 26.3. The Labute approximate surface area is 261 Å². The van der Waals surface area contributed by atoms with Crippen molar-refractivity contribution >= 4 is 76.3 Å². The van der Waals surface area contributed by atoms with Gasteiger partial charge in [-0.25, -0.2) is 0 Å². The van der Waals surface area contributed by atoms with Crippen LogP contribution in [0.3, 0.4) is 0 Å². The van der Waals surface area contributed by atoms with Crippen LogP contribution in [0.15, 0.2) is 152 Å². The second-order valence-corrected chi connectivity index (χ2v) is 12.2. The van der Waals surface area contributed by atoms with Crippen LogP contribution in [0, 0.1) is 6.92 Å². The molecular formula is C41H30N2S. The fourth-order valence-electron chi connectivity index (χ4n) is 6.46. The number of rotatable bonds is 6. The van der Waals surface area contributed by atoms with Gasteiger partial charge < -0.3 is 9.47 Å². The maximum atomic E-state index is 3.91. The number of thiophene rings is 1. The highest BCUT2D eigenvalue weighted by molar-refractivity contribution is 7.26. The van der Waals surface area contributed by atoms with E-state index < -0.39 is 0 Å². The number of anilines is 3. The fraction of sp³-hybridized carbons (Fsp3) is 0.0244. The third-order valence-electron chi connectivity index (χ3n) is 8.51. The summed E-state index contributed by atoms with van der Waals surface area (Å²) >= 11 is 1.86. The first-order valence-corrected chi connectivity index (χ1v) is 15.7. The van der Waals surface area contributed by atoms with Crippen molar-refractivity contribution < 1.29 is 0 Å². The standard InChI is InChI=1S/C41H30N2S/c1-3-4-20-37-28(2)36-26-29-23-24-33(25-30(29)27-39(36)43(37)32-16-9-6-10-17-32)42(31-14-7-5-8-15-31)38-21-13-19-35-34-18-11-12-22-40(34)44-41(35)38/h3-27H,1H2,2H3/b20-4-. The molecule has 0 aliphatic rings. The summed E-state index contributed by atoms with van der Waals surface area (Å²) in [6, 6.07) is 48.3. The molecule has 0 aliphatic heterocycles. The number of hydrogen-bond acceptors (Lipinski definition) is 2. The molecule has 0 fully saturated rings. The molecule has 2 nitrogen and oxygen atoms in total. The fourth-order valence-corrected chi connectivity index (χ4v) is 7.67. The quantitative estimate of drug-likeness (QED) is 0.177. The summed E-state index contributed by atoms with van der Waals surface area (Å²) < 4.78 is 4.96. The van der Waals surface area contributed by atoms with Crippen molar-refractivity contribution in [2.75, 3.05) is 4.90 Å². The molecule has 2 heterocycles. The zero-order valence-corrected chi connectivity index (χ0v) is 25.3. The first-order valence-electron chi connectivity index (χ1n) is 14.9. The van der Waals surface area contributed by atoms with Crippen molar-refractivity contribution in [2.45, 2.75) is 6.92 Å². The monoisotopic (exact) mass is 582 g/mol. The molecule has 0 amide bonds. The van der Waals surface area contributed by atoms with Gasteiger partial charge in [0, 0.05) is 43.6 Å². The lowest BCUT2D eigenvalue weighted by Gasteiger charge is -2.26. The van der Waals surface area contributed by atoms with Gasteiger partial charge >= 0.3 is 0 Å². The van der Waals surface area contributed by atoms with Gasteiger partial charge in [0.05, 0.1) is 15.9 Å². The third-order valence-corrected chi connectivity index (χ3v) is 9.72. The van der Waals surface area contributed by atoms with Crippen molar-refractivity contribution in [3.05, 3.63) is 163 Å². The largest absolute Gasteiger partial charge is 0.310 e. The normalized spacial score (nSPS) is 11.8. The summed E-state index contributed by atoms with van der Waals surface area (Å²) in [5.41, 5.74) is 8.23. The second-order valence-electron chi connectivity index (χ2n) is 11.1. The van der Waals surface area contributed by atoms with E-state index in [2.05, 4.69) is 163 Å². The molecule has 44 heavy (non-hydrogen) atoms. The van der Waals surface area contributed by atoms with Crippen LogP contribution in [0.25, 0.3) is 53.6 Å². The van der Waals surface area contributed by atoms with Gasteiger partial charge in [0.25, 0.3) is 0 Å². The van der Waals surface area contributed by atoms with Gasteiger partial charge in [-0.1, -0.05) is 91.5 Å². The van der Waals surface area contributed by atoms with Crippen LogP contribution < -0.4 is 4.90 Å². The Morgan fingerprint density at radius 3 is 2.23 bits per heavy atom. The molecule has 0 N–H and O–H groups in total. The summed E-state index contributed by atoms with van der Waals surface area (Å²) in [6.45, 7) is 6.13. The Balaban J connectivity index is 1.38. The molecule has 8 aromatic rings. The molecule has 0 atom stereocenters. The van der Waals surface area contributed by atoms with E-state index in [1.54, 1.807) is 0 Å². The van der Waals surface area contributed by atoms with E-state index in [0.29, 0.717) is 0 Å². The minimum Gasteiger partial charge on any atom is -0.310 e. The Morgan fingerprint density at radius 2 is 1.41 bits per heavy atom. The number of hydrogen-bond donors (Lipinski definition) is 0. The Bertz CT molecular complexity index is 2360. The third kappa shape index (κ3) is 4.24. The van der Waals surface area contributed by atoms with Gasteiger partial charge in [-0.2, -0.15) is 0 Å². The predicted octanol–water partition coefficient (Wildman–Crippen LogP) is 12.1. The highest BCUT2D eigenvalue weighted by atomic mass is 32.1. The lowest BCUT2D eigenvalue weighted by Crippen LogP contribution is -2.09. The zero-order valence-electron chi connectivity index (χ0n) is 24.4. The van der Waals surface area contributed by atoms with E-state index in [9.17, 15) is 0 Å². The summed E-state index contributed by atoms with van der Waals surface area (Å²) in [5.74, 6) is 0. The zero-order chi connectivity index (χ0) is 29.6. The van der Waals surface area contributed by atoms with E-state index in [-0.39, 0.29) is 0 Å². The molecule has 0 spiro atoms. The van der Waals surface area contributed by atoms with Gasteiger partial charge in [-0.3, -0.25) is 0 Å². The van der Waals surface area contributed by atoms with Crippen molar-refractivity contribution in [3.63, 3.8) is 0 Å². The van der Waals surface area contributed by atoms with Crippen molar-refractivity contribution in [2.24, 2.45) is 0 Å². The minimum atomic E-state index is 1.13. The lowest BCUT2D eigenvalue weighted by atomic mass is 10.0. The highest BCUT2D eigenvalue weighted by Crippen LogP contribution is 2.45. The van der Waals surface area contributed by atoms with Gasteiger partial charge in [0.2, 0.25) is 0 Å². The molecule has 6 aromatic carbocycles. The number of aryl methyl sites for hydroxylation is 1. The average Bonchev–Trinajstić information content (AvgIpc) is 3.58. The summed E-state index contributed by atoms with van der Waals surface area (Å²) in [6.07, 6.45) is 6.02. The van der Waals surface area contributed by atoms with Crippen LogP contribution in [-0.4, -0.2) is 4.57 Å². The molecule has 0 aliphatic carbocycles. The van der Waals surface area contributed by atoms with Gasteiger partial charge in [-0.15, -0.1) is 11.3 Å². The molecule has 0 unspecified atom stereocenters. The van der Waals surface area contributed by atoms with E-state index in [1.165, 1.54) is 58.8 Å². The van der Waals surface area contributed by atoms with Crippen molar-refractivity contribution in [1.82, 2.24) is 4.57 Å². The lowest BCUT2D eigenvalue weighted by molar-refractivity contribution is 1.10. The van der Waals surface area contributed by atoms with E-state index in [4.69, 9.17) is 0 Å². The van der Waals surface area contributed by atoms with Crippen LogP contribution in [0.4, 0.5) is 17.1 Å². The molecule has 210 valence electrons. The Hall–Kier alpha value is -5.38. The number of aromatic nitrogens is 1. The van der Waals surface area contributed by atoms with Gasteiger partial charge in [-0.05, 0) is 90.0 Å². The molecule has 0 bridgehead atoms. The van der Waals surface area contributed by atoms with Crippen LogP contribution in [-0.2, 0) is 0 Å². The molecule has 0 radical (unpaired) electrons. The molecule has 0 saturated carbocycles. The highest BCUT2D eigenvalue weighted by Gasteiger charge is 2.19. The molecular weight excluding hydrogens is 553 g/mol. The summed E-state index contributed by atoms with van der Waals surface area (Å²) in [5, 5.41) is 6.28. The van der Waals surface area contributed by atoms with Crippen LogP contribution >= 0.6 is 11.3 Å². The topological polar surface area (TPSA) is 8.17 Å². The number of benzene rings is 6. The SMILES string of the molecule is C=C/C=C\c1c(C)c2cc3ccc(N(c4ccccc4)c4cccc5c4sc4ccccc45)cc3cc2n1-c1ccccc1. The molecule has 8 rings (SSSR count). The maximum Gasteiger partial charge on any atom is 0.0640 e. The maximum absolute atomic E-state index is 3.91. The van der Waals surface area contributed by atoms with E-state index >= 15 is 0 Å². The second kappa shape index (κ2) is 10.7. The van der Waals surface area contributed by atoms with Gasteiger partial charge in [0.15, 0.2) is 0 Å². The first-order chi connectivity index (χ1) is 21.7. The van der Waals surface area contributed by atoms with E-state index in [0.717, 1.165) is 17.1 Å². The Morgan fingerprint density at radius 1 is 0.659 bits per heavy atom. The van der Waals surface area contributed by atoms with Crippen LogP contribution in [0.2, 0.25) is 0 Å². The number of para-hydroxylation sites is 2. The molecule has 0 saturated heterocycles. The van der Waals surface area contributed by atoms with Crippen LogP contribution in [0.1, 0.15) is 11.3 Å². The number of fused-ring (bicyclic) bond motifs is 5. The number of allylic oxidation sites excluding steroid dienone is 2. The summed E-state index contributed by atoms with van der Waals surface area (Å²) in [4.78, 5) is 2.40. The minimum absolute atomic E-state index is 1.13. The molecule has 2 aromatic heterocycles. The van der Waals surface area contributed by atoms with Crippen molar-refractivity contribution in [1.29, 1.82) is 0 Å². The smallest absolute Gasteiger partial charge is 0.0640 e. The van der Waals surface area contributed by atoms with Crippen LogP contribution in [0.5, 0.6) is 0 Å². The van der Waals surface area contributed by atoms with Gasteiger partial charge in [0.1, 0.15) is 0 Å². The van der Waals surface area contributed by atoms with Crippen molar-refractivity contribution in [3.8, 4) is 5.69 Å². The number of nitrogens with zero attached hydrogens (tertiary/aromatic N) is 2. The predicted molar refractivity (Wildman–Crippen MR) is 192 cm³/mol. The van der Waals surface area contributed by atoms with E-state index in [1.807, 2.05) is 23.5 Å². The average molecular weight is 583 g/mol. The summed E-state index contributed by atoms with van der Waals surface area (Å²) in [7, 11) is 0. The Kier molecular flexibility index (Phi) is 6.40. The molecule has 3 heteroatoms.